The van der Waals surface area contributed by atoms with Crippen LogP contribution in [0.2, 0.25) is 0 Å². The molecule has 0 unspecified atom stereocenters. The van der Waals surface area contributed by atoms with Gasteiger partial charge in [0.25, 0.3) is 5.69 Å². The molecule has 2 rings (SSSR count). The molecule has 2 aromatic rings. The lowest BCUT2D eigenvalue weighted by Gasteiger charge is -2.06. The lowest BCUT2D eigenvalue weighted by atomic mass is 10.2. The Morgan fingerprint density at radius 1 is 1.27 bits per heavy atom. The van der Waals surface area contributed by atoms with Gasteiger partial charge in [-0.3, -0.25) is 10.1 Å². The molecule has 0 saturated heterocycles. The first kappa shape index (κ1) is 15.3. The average molecular weight is 302 g/mol. The summed E-state index contributed by atoms with van der Waals surface area (Å²) in [6, 6.07) is 13.1. The van der Waals surface area contributed by atoms with E-state index in [0.717, 1.165) is 11.6 Å². The summed E-state index contributed by atoms with van der Waals surface area (Å²) in [5.41, 5.74) is 0.553. The Labute approximate surface area is 126 Å². The van der Waals surface area contributed by atoms with E-state index in [4.69, 9.17) is 14.2 Å². The van der Waals surface area contributed by atoms with Crippen molar-refractivity contribution in [2.45, 2.75) is 6.61 Å². The van der Waals surface area contributed by atoms with Crippen LogP contribution >= 0.6 is 0 Å². The fourth-order valence-corrected chi connectivity index (χ4v) is 1.59. The summed E-state index contributed by atoms with van der Waals surface area (Å²) in [5, 5.41) is 10.6. The average Bonchev–Trinajstić information content (AvgIpc) is 2.53. The van der Waals surface area contributed by atoms with Gasteiger partial charge in [0, 0.05) is 12.1 Å². The van der Waals surface area contributed by atoms with Crippen molar-refractivity contribution >= 4 is 11.8 Å². The van der Waals surface area contributed by atoms with Crippen LogP contribution in [0.1, 0.15) is 5.56 Å². The summed E-state index contributed by atoms with van der Waals surface area (Å²) < 4.78 is 14.8. The molecule has 0 fully saturated rings. The molecule has 0 spiro atoms. The molecule has 0 aliphatic rings. The largest absolute Gasteiger partial charge is 0.514 e. The Bertz CT molecular complexity index is 668. The minimum atomic E-state index is -0.965. The molecule has 0 bridgehead atoms. The second kappa shape index (κ2) is 7.07. The number of nitro groups is 1. The van der Waals surface area contributed by atoms with Gasteiger partial charge >= 0.3 is 6.16 Å². The number of ether oxygens (including phenoxy) is 3. The van der Waals surface area contributed by atoms with Crippen molar-refractivity contribution in [3.63, 3.8) is 0 Å². The van der Waals surface area contributed by atoms with Gasteiger partial charge in [-0.25, -0.2) is 4.79 Å². The number of carbonyl (C=O) groups is 1. The number of methoxy groups -OCH3 is 1. The van der Waals surface area contributed by atoms with Gasteiger partial charge in [0.15, 0.2) is 0 Å². The minimum Gasteiger partial charge on any atom is -0.497 e. The van der Waals surface area contributed by atoms with Crippen molar-refractivity contribution in [3.8, 4) is 11.5 Å². The number of hydrogen-bond acceptors (Lipinski definition) is 6. The predicted octanol–water partition coefficient (Wildman–Crippen LogP) is 3.12. The number of rotatable bonds is 5. The van der Waals surface area contributed by atoms with Crippen molar-refractivity contribution in [3.05, 3.63) is 64.2 Å². The van der Waals surface area contributed by atoms with E-state index in [1.165, 1.54) is 12.1 Å². The highest BCUT2D eigenvalue weighted by molar-refractivity contribution is 5.64. The van der Waals surface area contributed by atoms with Crippen LogP contribution in [0.5, 0.6) is 11.5 Å². The van der Waals surface area contributed by atoms with Crippen molar-refractivity contribution in [2.24, 2.45) is 0 Å². The van der Waals surface area contributed by atoms with Crippen molar-refractivity contribution < 1.29 is 23.9 Å². The highest BCUT2D eigenvalue weighted by Gasteiger charge is 2.11. The molecule has 0 heterocycles. The Morgan fingerprint density at radius 2 is 2.00 bits per heavy atom. The summed E-state index contributed by atoms with van der Waals surface area (Å²) in [7, 11) is 1.55. The van der Waals surface area contributed by atoms with Gasteiger partial charge < -0.3 is 14.2 Å². The topological polar surface area (TPSA) is 87.9 Å². The van der Waals surface area contributed by atoms with Crippen LogP contribution in [-0.2, 0) is 11.3 Å². The number of carbonyl (C=O) groups excluding carboxylic acids is 1. The zero-order chi connectivity index (χ0) is 15.9. The maximum Gasteiger partial charge on any atom is 0.514 e. The Hall–Kier alpha value is -3.09. The smallest absolute Gasteiger partial charge is 0.497 e. The summed E-state index contributed by atoms with van der Waals surface area (Å²) in [6.45, 7) is 0.0117. The fraction of sp³-hybridized carbons (Fsp3) is 0.133. The first-order valence-corrected chi connectivity index (χ1v) is 6.22. The second-order valence-electron chi connectivity index (χ2n) is 4.16. The molecule has 0 saturated carbocycles. The quantitative estimate of drug-likeness (QED) is 0.365. The molecular weight excluding hydrogens is 290 g/mol. The first-order chi connectivity index (χ1) is 10.6. The van der Waals surface area contributed by atoms with E-state index in [1.54, 1.807) is 31.4 Å². The monoisotopic (exact) mass is 302 g/mol. The van der Waals surface area contributed by atoms with Gasteiger partial charge in [-0.05, 0) is 23.8 Å². The summed E-state index contributed by atoms with van der Waals surface area (Å²) in [5.74, 6) is 0.617. The van der Waals surface area contributed by atoms with E-state index >= 15 is 0 Å². The zero-order valence-corrected chi connectivity index (χ0v) is 11.6. The number of hydrogen-bond donors (Lipinski definition) is 0. The molecule has 1 radical (unpaired) electrons. The normalized spacial score (nSPS) is 9.86. The summed E-state index contributed by atoms with van der Waals surface area (Å²) in [6.07, 6.45) is -0.965. The predicted molar refractivity (Wildman–Crippen MR) is 75.7 cm³/mol. The Balaban J connectivity index is 1.89. The third-order valence-corrected chi connectivity index (χ3v) is 2.68. The van der Waals surface area contributed by atoms with Crippen LogP contribution in [-0.4, -0.2) is 18.2 Å². The lowest BCUT2D eigenvalue weighted by molar-refractivity contribution is -0.384. The SMILES string of the molecule is COc1ccc(COC(=O)Oc2[c]ccc([N+](=O)[O-])c2)cc1. The molecule has 0 aliphatic heterocycles. The molecule has 7 nitrogen and oxygen atoms in total. The Kier molecular flexibility index (Phi) is 4.92. The van der Waals surface area contributed by atoms with Crippen LogP contribution < -0.4 is 9.47 Å². The first-order valence-electron chi connectivity index (χ1n) is 6.22. The van der Waals surface area contributed by atoms with Crippen LogP contribution in [0.4, 0.5) is 10.5 Å². The fourth-order valence-electron chi connectivity index (χ4n) is 1.59. The maximum atomic E-state index is 11.5. The van der Waals surface area contributed by atoms with E-state index in [1.807, 2.05) is 0 Å². The number of nitrogens with zero attached hydrogens (tertiary/aromatic N) is 1. The molecule has 0 N–H and O–H groups in total. The van der Waals surface area contributed by atoms with Crippen LogP contribution in [0.3, 0.4) is 0 Å². The van der Waals surface area contributed by atoms with E-state index < -0.39 is 11.1 Å². The van der Waals surface area contributed by atoms with Crippen LogP contribution in [0.15, 0.2) is 42.5 Å². The van der Waals surface area contributed by atoms with Gasteiger partial charge in [0.05, 0.1) is 18.1 Å². The molecule has 22 heavy (non-hydrogen) atoms. The molecule has 113 valence electrons. The van der Waals surface area contributed by atoms with Gasteiger partial charge in [0.2, 0.25) is 0 Å². The van der Waals surface area contributed by atoms with Gasteiger partial charge in [0.1, 0.15) is 18.1 Å². The van der Waals surface area contributed by atoms with E-state index in [0.29, 0.717) is 5.75 Å². The number of benzene rings is 2. The highest BCUT2D eigenvalue weighted by atomic mass is 16.7. The third kappa shape index (κ3) is 4.20. The van der Waals surface area contributed by atoms with Crippen LogP contribution in [0, 0.1) is 16.2 Å². The number of non-ortho nitro benzene ring substituents is 1. The van der Waals surface area contributed by atoms with Gasteiger partial charge in [-0.15, -0.1) is 0 Å². The van der Waals surface area contributed by atoms with Crippen molar-refractivity contribution in [1.82, 2.24) is 0 Å². The second-order valence-corrected chi connectivity index (χ2v) is 4.16. The summed E-state index contributed by atoms with van der Waals surface area (Å²) in [4.78, 5) is 21.5. The van der Waals surface area contributed by atoms with Crippen molar-refractivity contribution in [2.75, 3.05) is 7.11 Å². The molecular formula is C15H12NO6. The van der Waals surface area contributed by atoms with Crippen molar-refractivity contribution in [1.29, 1.82) is 0 Å². The molecule has 0 amide bonds. The molecule has 0 aliphatic carbocycles. The standard InChI is InChI=1S/C15H12NO6/c1-20-13-7-5-11(6-8-13)10-21-15(17)22-14-4-2-3-12(9-14)16(18)19/h2-3,5-9H,10H2,1H3. The molecule has 2 aromatic carbocycles. The van der Waals surface area contributed by atoms with E-state index in [2.05, 4.69) is 6.07 Å². The highest BCUT2D eigenvalue weighted by Crippen LogP contribution is 2.19. The zero-order valence-electron chi connectivity index (χ0n) is 11.6. The molecule has 7 heteroatoms. The van der Waals surface area contributed by atoms with Crippen LogP contribution in [0.25, 0.3) is 0 Å². The maximum absolute atomic E-state index is 11.5. The van der Waals surface area contributed by atoms with E-state index in [-0.39, 0.29) is 18.0 Å². The number of nitro benzene ring substituents is 1. The molecule has 0 atom stereocenters. The summed E-state index contributed by atoms with van der Waals surface area (Å²) >= 11 is 0. The van der Waals surface area contributed by atoms with Gasteiger partial charge in [-0.2, -0.15) is 0 Å². The molecule has 0 aromatic heterocycles. The lowest BCUT2D eigenvalue weighted by Crippen LogP contribution is -2.10. The van der Waals surface area contributed by atoms with E-state index in [9.17, 15) is 14.9 Å². The minimum absolute atomic E-state index is 0.0117. The third-order valence-electron chi connectivity index (χ3n) is 2.68. The van der Waals surface area contributed by atoms with Gasteiger partial charge in [-0.1, -0.05) is 12.1 Å². The Morgan fingerprint density at radius 3 is 2.64 bits per heavy atom.